The number of aliphatic hydroxyl groups excluding tert-OH is 1. The number of nitriles is 1. The first-order valence-electron chi connectivity index (χ1n) is 8.70. The number of ether oxygens (including phenoxy) is 1. The first kappa shape index (κ1) is 21.5. The Kier molecular flexibility index (Phi) is 5.42. The van der Waals surface area contributed by atoms with Crippen LogP contribution in [0.25, 0.3) is 0 Å². The fourth-order valence-electron chi connectivity index (χ4n) is 3.07. The summed E-state index contributed by atoms with van der Waals surface area (Å²) in [5.74, 6) is -1.65. The highest BCUT2D eigenvalue weighted by atomic mass is 32.2. The predicted octanol–water partition coefficient (Wildman–Crippen LogP) is 1.26. The van der Waals surface area contributed by atoms with Crippen LogP contribution in [-0.4, -0.2) is 42.2 Å². The summed E-state index contributed by atoms with van der Waals surface area (Å²) in [4.78, 5) is 12.6. The molecule has 0 spiro atoms. The molecule has 2 heterocycles. The standard InChI is InChI=1S/C19H19FN4O5S/c1-4-15(25)19(2)10-29-17-14(30(27,28)23-19)9-24(3)16(17)18(26)22-12-5-6-13(20)11(7-12)8-21/h4-7,9,15,23,25H,1,10H2,2-3H3,(H,22,26)/t15-,19+/m0/s1. The van der Waals surface area contributed by atoms with Gasteiger partial charge in [0.2, 0.25) is 10.0 Å². The number of aromatic nitrogens is 1. The lowest BCUT2D eigenvalue weighted by atomic mass is 9.97. The van der Waals surface area contributed by atoms with Gasteiger partial charge in [-0.05, 0) is 25.1 Å². The van der Waals surface area contributed by atoms with Crippen LogP contribution in [0.5, 0.6) is 5.75 Å². The molecule has 3 N–H and O–H groups in total. The second kappa shape index (κ2) is 7.56. The minimum Gasteiger partial charge on any atom is -0.488 e. The van der Waals surface area contributed by atoms with Crippen molar-refractivity contribution in [3.63, 3.8) is 0 Å². The third kappa shape index (κ3) is 3.68. The van der Waals surface area contributed by atoms with Gasteiger partial charge in [0.25, 0.3) is 5.91 Å². The van der Waals surface area contributed by atoms with Gasteiger partial charge in [-0.25, -0.2) is 12.8 Å². The molecule has 30 heavy (non-hydrogen) atoms. The van der Waals surface area contributed by atoms with E-state index < -0.39 is 33.4 Å². The quantitative estimate of drug-likeness (QED) is 0.621. The number of anilines is 1. The minimum atomic E-state index is -4.14. The number of halogens is 1. The number of carbonyl (C=O) groups excluding carboxylic acids is 1. The van der Waals surface area contributed by atoms with Crippen molar-refractivity contribution in [2.45, 2.75) is 23.5 Å². The summed E-state index contributed by atoms with van der Waals surface area (Å²) >= 11 is 0. The fourth-order valence-corrected chi connectivity index (χ4v) is 4.67. The Hall–Kier alpha value is -3.20. The van der Waals surface area contributed by atoms with Gasteiger partial charge >= 0.3 is 0 Å². The van der Waals surface area contributed by atoms with E-state index in [-0.39, 0.29) is 34.2 Å². The summed E-state index contributed by atoms with van der Waals surface area (Å²) in [6.45, 7) is 4.64. The van der Waals surface area contributed by atoms with Crippen molar-refractivity contribution in [2.24, 2.45) is 7.05 Å². The van der Waals surface area contributed by atoms with E-state index in [1.165, 1.54) is 36.9 Å². The molecule has 1 aliphatic heterocycles. The SMILES string of the molecule is C=C[C@H](O)[C@@]1(C)COc2c(cn(C)c2C(=O)Nc2ccc(F)c(C#N)c2)S(=O)(=O)N1. The summed E-state index contributed by atoms with van der Waals surface area (Å²) in [6, 6.07) is 5.14. The lowest BCUT2D eigenvalue weighted by Crippen LogP contribution is -2.56. The lowest BCUT2D eigenvalue weighted by Gasteiger charge is -2.31. The van der Waals surface area contributed by atoms with E-state index in [0.717, 1.165) is 12.1 Å². The van der Waals surface area contributed by atoms with Crippen molar-refractivity contribution in [1.82, 2.24) is 9.29 Å². The summed E-state index contributed by atoms with van der Waals surface area (Å²) in [7, 11) is -2.68. The number of fused-ring (bicyclic) bond motifs is 1. The number of aryl methyl sites for hydroxylation is 1. The van der Waals surface area contributed by atoms with Crippen molar-refractivity contribution in [1.29, 1.82) is 5.26 Å². The highest BCUT2D eigenvalue weighted by molar-refractivity contribution is 7.89. The smallest absolute Gasteiger partial charge is 0.276 e. The number of hydrogen-bond acceptors (Lipinski definition) is 6. The molecule has 9 nitrogen and oxygen atoms in total. The second-order valence-corrected chi connectivity index (χ2v) is 8.69. The molecule has 0 radical (unpaired) electrons. The van der Waals surface area contributed by atoms with E-state index in [4.69, 9.17) is 10.00 Å². The zero-order valence-electron chi connectivity index (χ0n) is 16.1. The average molecular weight is 434 g/mol. The minimum absolute atomic E-state index is 0.101. The highest BCUT2D eigenvalue weighted by Gasteiger charge is 2.43. The number of sulfonamides is 1. The van der Waals surface area contributed by atoms with E-state index in [1.807, 2.05) is 0 Å². The molecule has 11 heteroatoms. The number of carbonyl (C=O) groups is 1. The number of rotatable bonds is 4. The van der Waals surface area contributed by atoms with Crippen molar-refractivity contribution in [2.75, 3.05) is 11.9 Å². The van der Waals surface area contributed by atoms with Gasteiger partial charge in [0, 0.05) is 18.9 Å². The van der Waals surface area contributed by atoms with Crippen LogP contribution in [-0.2, 0) is 17.1 Å². The van der Waals surface area contributed by atoms with Crippen molar-refractivity contribution in [3.05, 3.63) is 54.1 Å². The van der Waals surface area contributed by atoms with Gasteiger partial charge in [-0.1, -0.05) is 6.08 Å². The molecule has 2 atom stereocenters. The number of nitrogens with zero attached hydrogens (tertiary/aromatic N) is 2. The molecule has 0 saturated heterocycles. The Labute approximate surface area is 172 Å². The molecule has 158 valence electrons. The second-order valence-electron chi connectivity index (χ2n) is 7.03. The van der Waals surface area contributed by atoms with E-state index in [9.17, 15) is 22.7 Å². The molecule has 1 aliphatic rings. The zero-order valence-corrected chi connectivity index (χ0v) is 17.0. The molecule has 1 amide bonds. The zero-order chi connectivity index (χ0) is 22.3. The Balaban J connectivity index is 2.01. The Morgan fingerprint density at radius 2 is 2.27 bits per heavy atom. The maximum absolute atomic E-state index is 13.5. The summed E-state index contributed by atoms with van der Waals surface area (Å²) in [6.07, 6.45) is 1.15. The molecule has 0 unspecified atom stereocenters. The molecular weight excluding hydrogens is 415 g/mol. The first-order valence-corrected chi connectivity index (χ1v) is 10.2. The molecule has 0 saturated carbocycles. The Morgan fingerprint density at radius 3 is 2.90 bits per heavy atom. The molecule has 0 aliphatic carbocycles. The third-order valence-electron chi connectivity index (χ3n) is 4.71. The number of nitrogens with one attached hydrogen (secondary N) is 2. The predicted molar refractivity (Wildman–Crippen MR) is 105 cm³/mol. The van der Waals surface area contributed by atoms with Crippen LogP contribution in [0.4, 0.5) is 10.1 Å². The van der Waals surface area contributed by atoms with Crippen LogP contribution in [0, 0.1) is 17.1 Å². The van der Waals surface area contributed by atoms with Gasteiger partial charge in [0.05, 0.1) is 17.2 Å². The molecular formula is C19H19FN4O5S. The van der Waals surface area contributed by atoms with Gasteiger partial charge in [-0.3, -0.25) is 4.79 Å². The number of hydrogen-bond donors (Lipinski definition) is 3. The maximum atomic E-state index is 13.5. The average Bonchev–Trinajstić information content (AvgIpc) is 2.99. The maximum Gasteiger partial charge on any atom is 0.276 e. The number of benzene rings is 1. The monoisotopic (exact) mass is 434 g/mol. The summed E-state index contributed by atoms with van der Waals surface area (Å²) < 4.78 is 48.5. The van der Waals surface area contributed by atoms with Crippen LogP contribution >= 0.6 is 0 Å². The first-order chi connectivity index (χ1) is 14.0. The molecule has 3 rings (SSSR count). The van der Waals surface area contributed by atoms with E-state index in [2.05, 4.69) is 16.6 Å². The van der Waals surface area contributed by atoms with Gasteiger partial charge in [0.1, 0.15) is 23.4 Å². The van der Waals surface area contributed by atoms with Gasteiger partial charge < -0.3 is 19.7 Å². The van der Waals surface area contributed by atoms with Crippen LogP contribution in [0.2, 0.25) is 0 Å². The van der Waals surface area contributed by atoms with E-state index in [0.29, 0.717) is 0 Å². The topological polar surface area (TPSA) is 133 Å². The molecule has 0 fully saturated rings. The van der Waals surface area contributed by atoms with Crippen LogP contribution < -0.4 is 14.8 Å². The van der Waals surface area contributed by atoms with Crippen LogP contribution in [0.3, 0.4) is 0 Å². The third-order valence-corrected chi connectivity index (χ3v) is 6.32. The van der Waals surface area contributed by atoms with E-state index in [1.54, 1.807) is 6.07 Å². The fraction of sp³-hybridized carbons (Fsp3) is 0.263. The Morgan fingerprint density at radius 1 is 1.57 bits per heavy atom. The number of aliphatic hydroxyl groups is 1. The van der Waals surface area contributed by atoms with Crippen molar-refractivity contribution < 1.29 is 27.4 Å². The van der Waals surface area contributed by atoms with Gasteiger partial charge in [-0.2, -0.15) is 9.98 Å². The van der Waals surface area contributed by atoms with Gasteiger partial charge in [-0.15, -0.1) is 6.58 Å². The Bertz CT molecular complexity index is 1180. The number of amides is 1. The summed E-state index contributed by atoms with van der Waals surface area (Å²) in [5.41, 5.74) is -1.61. The van der Waals surface area contributed by atoms with Crippen molar-refractivity contribution >= 4 is 21.6 Å². The molecule has 1 aromatic heterocycles. The summed E-state index contributed by atoms with van der Waals surface area (Å²) in [5, 5.41) is 21.6. The van der Waals surface area contributed by atoms with Gasteiger partial charge in [0.15, 0.2) is 11.4 Å². The molecule has 2 aromatic rings. The van der Waals surface area contributed by atoms with Crippen molar-refractivity contribution in [3.8, 4) is 11.8 Å². The van der Waals surface area contributed by atoms with E-state index >= 15 is 0 Å². The highest BCUT2D eigenvalue weighted by Crippen LogP contribution is 2.35. The molecule has 1 aromatic carbocycles. The normalized spacial score (nSPS) is 20.8. The largest absolute Gasteiger partial charge is 0.488 e. The van der Waals surface area contributed by atoms with Crippen LogP contribution in [0.1, 0.15) is 23.0 Å². The van der Waals surface area contributed by atoms with Crippen LogP contribution in [0.15, 0.2) is 41.9 Å². The lowest BCUT2D eigenvalue weighted by molar-refractivity contribution is 0.0843. The molecule has 0 bridgehead atoms.